The Balaban J connectivity index is 1.63. The molecular formula is C13H24N2O2S. The fourth-order valence-corrected chi connectivity index (χ4v) is 5.26. The number of likely N-dealkylation sites (tertiary alicyclic amines) is 1. The van der Waals surface area contributed by atoms with Gasteiger partial charge in [0, 0.05) is 12.1 Å². The van der Waals surface area contributed by atoms with E-state index in [0.717, 1.165) is 25.6 Å². The van der Waals surface area contributed by atoms with Gasteiger partial charge in [-0.05, 0) is 51.2 Å². The molecule has 0 spiro atoms. The van der Waals surface area contributed by atoms with Crippen LogP contribution in [0.2, 0.25) is 0 Å². The average Bonchev–Trinajstić information content (AvgIpc) is 3.12. The summed E-state index contributed by atoms with van der Waals surface area (Å²) in [6.07, 6.45) is 6.40. The van der Waals surface area contributed by atoms with Crippen molar-refractivity contribution in [3.8, 4) is 0 Å². The van der Waals surface area contributed by atoms with E-state index >= 15 is 0 Å². The minimum atomic E-state index is -2.83. The predicted octanol–water partition coefficient (Wildman–Crippen LogP) is 0.638. The number of piperidine rings is 1. The van der Waals surface area contributed by atoms with E-state index in [4.69, 9.17) is 0 Å². The first-order chi connectivity index (χ1) is 8.64. The first-order valence-corrected chi connectivity index (χ1v) is 9.14. The van der Waals surface area contributed by atoms with E-state index in [1.54, 1.807) is 0 Å². The van der Waals surface area contributed by atoms with Crippen molar-refractivity contribution in [3.05, 3.63) is 0 Å². The van der Waals surface area contributed by atoms with Gasteiger partial charge in [0.1, 0.15) is 0 Å². The predicted molar refractivity (Wildman–Crippen MR) is 72.4 cm³/mol. The number of nitrogens with one attached hydrogen (secondary N) is 1. The van der Waals surface area contributed by atoms with Crippen LogP contribution in [0.5, 0.6) is 0 Å². The third-order valence-electron chi connectivity index (χ3n) is 4.55. The van der Waals surface area contributed by atoms with Crippen molar-refractivity contribution < 1.29 is 8.42 Å². The van der Waals surface area contributed by atoms with E-state index in [1.165, 1.54) is 32.1 Å². The Morgan fingerprint density at radius 2 is 1.78 bits per heavy atom. The van der Waals surface area contributed by atoms with Crippen molar-refractivity contribution in [2.75, 3.05) is 31.1 Å². The van der Waals surface area contributed by atoms with Crippen molar-refractivity contribution in [1.29, 1.82) is 0 Å². The SMILES string of the molecule is O=S1(=O)C[C@@H](NCC2CC2)[C@@H](N2CCCCC2)C1. The molecule has 2 saturated heterocycles. The second-order valence-corrected chi connectivity index (χ2v) is 8.35. The van der Waals surface area contributed by atoms with Crippen LogP contribution in [0.15, 0.2) is 0 Å². The van der Waals surface area contributed by atoms with Crippen molar-refractivity contribution >= 4 is 9.84 Å². The van der Waals surface area contributed by atoms with Gasteiger partial charge in [0.25, 0.3) is 0 Å². The monoisotopic (exact) mass is 272 g/mol. The highest BCUT2D eigenvalue weighted by molar-refractivity contribution is 7.91. The molecule has 5 heteroatoms. The molecule has 1 N–H and O–H groups in total. The molecule has 1 aliphatic carbocycles. The summed E-state index contributed by atoms with van der Waals surface area (Å²) in [6.45, 7) is 3.19. The molecule has 104 valence electrons. The van der Waals surface area contributed by atoms with Gasteiger partial charge in [-0.2, -0.15) is 0 Å². The fourth-order valence-electron chi connectivity index (χ4n) is 3.27. The van der Waals surface area contributed by atoms with Gasteiger partial charge in [-0.15, -0.1) is 0 Å². The summed E-state index contributed by atoms with van der Waals surface area (Å²) in [6, 6.07) is 0.405. The zero-order valence-electron chi connectivity index (χ0n) is 11.0. The van der Waals surface area contributed by atoms with Gasteiger partial charge in [0.2, 0.25) is 0 Å². The number of sulfone groups is 1. The highest BCUT2D eigenvalue weighted by atomic mass is 32.2. The summed E-state index contributed by atoms with van der Waals surface area (Å²) in [5.41, 5.74) is 0. The number of rotatable bonds is 4. The van der Waals surface area contributed by atoms with Crippen LogP contribution in [-0.4, -0.2) is 56.5 Å². The van der Waals surface area contributed by atoms with Crippen LogP contribution in [-0.2, 0) is 9.84 Å². The molecule has 0 amide bonds. The van der Waals surface area contributed by atoms with Crippen molar-refractivity contribution in [3.63, 3.8) is 0 Å². The molecule has 0 unspecified atom stereocenters. The molecule has 3 rings (SSSR count). The molecule has 0 aromatic heterocycles. The molecule has 4 nitrogen and oxygen atoms in total. The van der Waals surface area contributed by atoms with Gasteiger partial charge in [-0.1, -0.05) is 6.42 Å². The lowest BCUT2D eigenvalue weighted by Gasteiger charge is -2.35. The number of nitrogens with zero attached hydrogens (tertiary/aromatic N) is 1. The maximum Gasteiger partial charge on any atom is 0.153 e. The molecular weight excluding hydrogens is 248 g/mol. The smallest absolute Gasteiger partial charge is 0.153 e. The molecule has 1 saturated carbocycles. The molecule has 3 fully saturated rings. The van der Waals surface area contributed by atoms with Crippen LogP contribution in [0, 0.1) is 5.92 Å². The number of hydrogen-bond donors (Lipinski definition) is 1. The summed E-state index contributed by atoms with van der Waals surface area (Å²) < 4.78 is 23.8. The van der Waals surface area contributed by atoms with Gasteiger partial charge in [0.15, 0.2) is 9.84 Å². The first-order valence-electron chi connectivity index (χ1n) is 7.32. The normalized spacial score (nSPS) is 36.9. The highest BCUT2D eigenvalue weighted by Crippen LogP contribution is 2.29. The van der Waals surface area contributed by atoms with Gasteiger partial charge in [-0.3, -0.25) is 4.90 Å². The van der Waals surface area contributed by atoms with Crippen molar-refractivity contribution in [2.24, 2.45) is 5.92 Å². The Labute approximate surface area is 110 Å². The van der Waals surface area contributed by atoms with E-state index in [0.29, 0.717) is 11.5 Å². The molecule has 2 heterocycles. The highest BCUT2D eigenvalue weighted by Gasteiger charge is 2.41. The van der Waals surface area contributed by atoms with E-state index < -0.39 is 9.84 Å². The van der Waals surface area contributed by atoms with Crippen LogP contribution < -0.4 is 5.32 Å². The summed E-state index contributed by atoms with van der Waals surface area (Å²) in [5.74, 6) is 1.53. The lowest BCUT2D eigenvalue weighted by atomic mass is 10.0. The Hall–Kier alpha value is -0.130. The van der Waals surface area contributed by atoms with Crippen molar-refractivity contribution in [1.82, 2.24) is 10.2 Å². The standard InChI is InChI=1S/C13H24N2O2S/c16-18(17)9-12(14-8-11-4-5-11)13(10-18)15-6-2-1-3-7-15/h11-14H,1-10H2/t12-,13+/m1/s1. The second kappa shape index (κ2) is 5.10. The maximum absolute atomic E-state index is 11.9. The summed E-state index contributed by atoms with van der Waals surface area (Å²) in [5, 5.41) is 3.53. The van der Waals surface area contributed by atoms with Crippen LogP contribution in [0.25, 0.3) is 0 Å². The van der Waals surface area contributed by atoms with E-state index in [-0.39, 0.29) is 12.1 Å². The number of hydrogen-bond acceptors (Lipinski definition) is 4. The minimum Gasteiger partial charge on any atom is -0.311 e. The Morgan fingerprint density at radius 1 is 1.06 bits per heavy atom. The fraction of sp³-hybridized carbons (Fsp3) is 1.00. The Morgan fingerprint density at radius 3 is 2.44 bits per heavy atom. The molecule has 0 bridgehead atoms. The quantitative estimate of drug-likeness (QED) is 0.816. The van der Waals surface area contributed by atoms with Crippen LogP contribution in [0.4, 0.5) is 0 Å². The Kier molecular flexibility index (Phi) is 3.65. The van der Waals surface area contributed by atoms with Crippen LogP contribution in [0.1, 0.15) is 32.1 Å². The van der Waals surface area contributed by atoms with Gasteiger partial charge in [0.05, 0.1) is 11.5 Å². The first kappa shape index (κ1) is 12.9. The largest absolute Gasteiger partial charge is 0.311 e. The maximum atomic E-state index is 11.9. The summed E-state index contributed by atoms with van der Waals surface area (Å²) in [4.78, 5) is 2.42. The van der Waals surface area contributed by atoms with Gasteiger partial charge in [-0.25, -0.2) is 8.42 Å². The van der Waals surface area contributed by atoms with E-state index in [1.807, 2.05) is 0 Å². The second-order valence-electron chi connectivity index (χ2n) is 6.20. The lowest BCUT2D eigenvalue weighted by Crippen LogP contribution is -2.51. The molecule has 2 aliphatic heterocycles. The lowest BCUT2D eigenvalue weighted by molar-refractivity contribution is 0.155. The molecule has 18 heavy (non-hydrogen) atoms. The van der Waals surface area contributed by atoms with E-state index in [9.17, 15) is 8.42 Å². The molecule has 0 radical (unpaired) electrons. The van der Waals surface area contributed by atoms with Gasteiger partial charge >= 0.3 is 0 Å². The van der Waals surface area contributed by atoms with Crippen LogP contribution >= 0.6 is 0 Å². The molecule has 0 aromatic carbocycles. The van der Waals surface area contributed by atoms with Gasteiger partial charge < -0.3 is 5.32 Å². The zero-order chi connectivity index (χ0) is 12.6. The summed E-state index contributed by atoms with van der Waals surface area (Å²) >= 11 is 0. The molecule has 0 aromatic rings. The minimum absolute atomic E-state index is 0.175. The van der Waals surface area contributed by atoms with Crippen molar-refractivity contribution in [2.45, 2.75) is 44.2 Å². The van der Waals surface area contributed by atoms with E-state index in [2.05, 4.69) is 10.2 Å². The van der Waals surface area contributed by atoms with Crippen LogP contribution in [0.3, 0.4) is 0 Å². The topological polar surface area (TPSA) is 49.4 Å². The Bertz CT molecular complexity index is 386. The molecule has 3 aliphatic rings. The third kappa shape index (κ3) is 3.06. The molecule has 2 atom stereocenters. The third-order valence-corrected chi connectivity index (χ3v) is 6.26. The average molecular weight is 272 g/mol. The summed E-state index contributed by atoms with van der Waals surface area (Å²) in [7, 11) is -2.83. The zero-order valence-corrected chi connectivity index (χ0v) is 11.8.